The van der Waals surface area contributed by atoms with Crippen molar-refractivity contribution in [1.82, 2.24) is 19.7 Å². The van der Waals surface area contributed by atoms with E-state index in [-0.39, 0.29) is 11.7 Å². The molecule has 0 aliphatic rings. The predicted octanol–water partition coefficient (Wildman–Crippen LogP) is 0.133. The van der Waals surface area contributed by atoms with Crippen molar-refractivity contribution in [2.75, 3.05) is 25.6 Å². The van der Waals surface area contributed by atoms with Gasteiger partial charge in [-0.2, -0.15) is 5.10 Å². The Kier molecular flexibility index (Phi) is 2.88. The van der Waals surface area contributed by atoms with Crippen molar-refractivity contribution in [2.24, 2.45) is 0 Å². The molecular weight excluding hydrogens is 232 g/mol. The molecule has 0 atom stereocenters. The minimum Gasteiger partial charge on any atom is -0.396 e. The van der Waals surface area contributed by atoms with Crippen LogP contribution in [0.25, 0.3) is 5.82 Å². The highest BCUT2D eigenvalue weighted by Crippen LogP contribution is 2.14. The summed E-state index contributed by atoms with van der Waals surface area (Å²) >= 11 is 0. The molecule has 2 rings (SSSR count). The van der Waals surface area contributed by atoms with Crippen molar-refractivity contribution in [3.05, 3.63) is 30.1 Å². The van der Waals surface area contributed by atoms with E-state index in [2.05, 4.69) is 10.1 Å². The van der Waals surface area contributed by atoms with Crippen molar-refractivity contribution in [1.29, 1.82) is 0 Å². The summed E-state index contributed by atoms with van der Waals surface area (Å²) in [6, 6.07) is 4.95. The largest absolute Gasteiger partial charge is 0.396 e. The number of amides is 1. The maximum atomic E-state index is 11.7. The van der Waals surface area contributed by atoms with Crippen LogP contribution in [0.5, 0.6) is 0 Å². The number of aromatic nitrogens is 3. The number of carbonyl (C=O) groups is 1. The Bertz CT molecular complexity index is 589. The van der Waals surface area contributed by atoms with Crippen molar-refractivity contribution < 1.29 is 4.79 Å². The third kappa shape index (κ3) is 2.10. The number of nitrogens with zero attached hydrogens (tertiary/aromatic N) is 4. The van der Waals surface area contributed by atoms with E-state index >= 15 is 0 Å². The second-order valence-electron chi connectivity index (χ2n) is 3.99. The number of hydrogen-bond donors (Lipinski definition) is 2. The number of nitrogens with two attached hydrogens (primary N) is 2. The molecule has 0 aliphatic heterocycles. The van der Waals surface area contributed by atoms with Crippen molar-refractivity contribution in [3.63, 3.8) is 0 Å². The van der Waals surface area contributed by atoms with Crippen LogP contribution >= 0.6 is 0 Å². The standard InChI is InChI=1S/C11H14N6O/c1-16(2)11(18)8-5-6-17(15-8)9-4-3-7(12)10(13)14-9/h3-6H,12H2,1-2H3,(H2,13,14). The van der Waals surface area contributed by atoms with Gasteiger partial charge in [-0.1, -0.05) is 0 Å². The predicted molar refractivity (Wildman–Crippen MR) is 68.2 cm³/mol. The van der Waals surface area contributed by atoms with Gasteiger partial charge in [0.1, 0.15) is 5.82 Å². The van der Waals surface area contributed by atoms with Gasteiger partial charge < -0.3 is 16.4 Å². The van der Waals surface area contributed by atoms with Crippen molar-refractivity contribution in [2.45, 2.75) is 0 Å². The molecule has 0 radical (unpaired) electrons. The molecule has 0 fully saturated rings. The maximum absolute atomic E-state index is 11.7. The molecule has 7 nitrogen and oxygen atoms in total. The number of anilines is 2. The zero-order chi connectivity index (χ0) is 13.3. The summed E-state index contributed by atoms with van der Waals surface area (Å²) in [6.45, 7) is 0. The fourth-order valence-corrected chi connectivity index (χ4v) is 1.40. The van der Waals surface area contributed by atoms with E-state index in [9.17, 15) is 4.79 Å². The lowest BCUT2D eigenvalue weighted by Gasteiger charge is -2.07. The van der Waals surface area contributed by atoms with Crippen LogP contribution < -0.4 is 11.5 Å². The van der Waals surface area contributed by atoms with Gasteiger partial charge in [0.2, 0.25) is 0 Å². The molecule has 94 valence electrons. The maximum Gasteiger partial charge on any atom is 0.273 e. The monoisotopic (exact) mass is 246 g/mol. The lowest BCUT2D eigenvalue weighted by Crippen LogP contribution is -2.22. The SMILES string of the molecule is CN(C)C(=O)c1ccn(-c2ccc(N)c(N)n2)n1. The lowest BCUT2D eigenvalue weighted by atomic mass is 10.4. The molecule has 4 N–H and O–H groups in total. The van der Waals surface area contributed by atoms with Gasteiger partial charge >= 0.3 is 0 Å². The van der Waals surface area contributed by atoms with E-state index < -0.39 is 0 Å². The van der Waals surface area contributed by atoms with Gasteiger partial charge in [-0.3, -0.25) is 4.79 Å². The number of carbonyl (C=O) groups excluding carboxylic acids is 1. The quantitative estimate of drug-likeness (QED) is 0.784. The van der Waals surface area contributed by atoms with E-state index in [4.69, 9.17) is 11.5 Å². The summed E-state index contributed by atoms with van der Waals surface area (Å²) in [7, 11) is 3.33. The Morgan fingerprint density at radius 3 is 2.61 bits per heavy atom. The first-order valence-electron chi connectivity index (χ1n) is 5.28. The topological polar surface area (TPSA) is 103 Å². The number of hydrogen-bond acceptors (Lipinski definition) is 5. The molecule has 0 aromatic carbocycles. The first kappa shape index (κ1) is 11.9. The van der Waals surface area contributed by atoms with E-state index in [1.165, 1.54) is 9.58 Å². The third-order valence-electron chi connectivity index (χ3n) is 2.39. The molecule has 0 saturated heterocycles. The Morgan fingerprint density at radius 2 is 2.00 bits per heavy atom. The molecule has 0 unspecified atom stereocenters. The normalized spacial score (nSPS) is 10.3. The summed E-state index contributed by atoms with van der Waals surface area (Å²) in [4.78, 5) is 17.2. The lowest BCUT2D eigenvalue weighted by molar-refractivity contribution is 0.0821. The zero-order valence-electron chi connectivity index (χ0n) is 10.2. The van der Waals surface area contributed by atoms with Gasteiger partial charge in [0.25, 0.3) is 5.91 Å². The van der Waals surface area contributed by atoms with Crippen LogP contribution in [0.4, 0.5) is 11.5 Å². The highest BCUT2D eigenvalue weighted by atomic mass is 16.2. The van der Waals surface area contributed by atoms with Crippen LogP contribution in [-0.2, 0) is 0 Å². The summed E-state index contributed by atoms with van der Waals surface area (Å²) in [5, 5.41) is 4.14. The average Bonchev–Trinajstić information content (AvgIpc) is 2.81. The molecule has 2 aromatic heterocycles. The Balaban J connectivity index is 2.35. The van der Waals surface area contributed by atoms with Gasteiger partial charge in [-0.25, -0.2) is 9.67 Å². The smallest absolute Gasteiger partial charge is 0.273 e. The summed E-state index contributed by atoms with van der Waals surface area (Å²) in [6.07, 6.45) is 1.65. The summed E-state index contributed by atoms with van der Waals surface area (Å²) in [5.74, 6) is 0.583. The van der Waals surface area contributed by atoms with Crippen molar-refractivity contribution in [3.8, 4) is 5.82 Å². The van der Waals surface area contributed by atoms with E-state index in [0.29, 0.717) is 17.2 Å². The van der Waals surface area contributed by atoms with Gasteiger partial charge in [-0.15, -0.1) is 0 Å². The van der Waals surface area contributed by atoms with Crippen LogP contribution in [0.3, 0.4) is 0 Å². The first-order valence-corrected chi connectivity index (χ1v) is 5.28. The average molecular weight is 246 g/mol. The van der Waals surface area contributed by atoms with E-state index in [1.54, 1.807) is 38.5 Å². The van der Waals surface area contributed by atoms with Crippen LogP contribution in [0.2, 0.25) is 0 Å². The van der Waals surface area contributed by atoms with Crippen LogP contribution in [-0.4, -0.2) is 39.7 Å². The van der Waals surface area contributed by atoms with E-state index in [1.807, 2.05) is 0 Å². The second kappa shape index (κ2) is 4.36. The minimum atomic E-state index is -0.169. The Morgan fingerprint density at radius 1 is 1.28 bits per heavy atom. The van der Waals surface area contributed by atoms with Gasteiger partial charge in [0, 0.05) is 20.3 Å². The molecule has 0 spiro atoms. The van der Waals surface area contributed by atoms with Crippen LogP contribution in [0.15, 0.2) is 24.4 Å². The van der Waals surface area contributed by atoms with Gasteiger partial charge in [-0.05, 0) is 18.2 Å². The summed E-state index contributed by atoms with van der Waals surface area (Å²) < 4.78 is 1.48. The molecule has 0 bridgehead atoms. The molecular formula is C11H14N6O. The van der Waals surface area contributed by atoms with E-state index in [0.717, 1.165) is 0 Å². The van der Waals surface area contributed by atoms with Crippen molar-refractivity contribution >= 4 is 17.4 Å². The highest BCUT2D eigenvalue weighted by Gasteiger charge is 2.12. The fourth-order valence-electron chi connectivity index (χ4n) is 1.40. The molecule has 18 heavy (non-hydrogen) atoms. The molecule has 0 saturated carbocycles. The Hall–Kier alpha value is -2.57. The number of rotatable bonds is 2. The molecule has 0 aliphatic carbocycles. The van der Waals surface area contributed by atoms with Gasteiger partial charge in [0.15, 0.2) is 11.5 Å². The first-order chi connectivity index (χ1) is 8.49. The summed E-state index contributed by atoms with van der Waals surface area (Å²) in [5.41, 5.74) is 12.0. The molecule has 2 aromatic rings. The molecule has 7 heteroatoms. The highest BCUT2D eigenvalue weighted by molar-refractivity contribution is 5.91. The number of pyridine rings is 1. The van der Waals surface area contributed by atoms with Crippen LogP contribution in [0.1, 0.15) is 10.5 Å². The Labute approximate surface area is 104 Å². The molecule has 2 heterocycles. The fraction of sp³-hybridized carbons (Fsp3) is 0.182. The third-order valence-corrected chi connectivity index (χ3v) is 2.39. The number of nitrogen functional groups attached to an aromatic ring is 2. The second-order valence-corrected chi connectivity index (χ2v) is 3.99. The molecule has 1 amide bonds. The minimum absolute atomic E-state index is 0.169. The van der Waals surface area contributed by atoms with Crippen LogP contribution in [0, 0.1) is 0 Å². The van der Waals surface area contributed by atoms with Gasteiger partial charge in [0.05, 0.1) is 5.69 Å². The zero-order valence-corrected chi connectivity index (χ0v) is 10.2.